The maximum Gasteiger partial charge on any atom is 0.191 e. The fourth-order valence-corrected chi connectivity index (χ4v) is 2.44. The molecule has 6 nitrogen and oxygen atoms in total. The second-order valence-electron chi connectivity index (χ2n) is 5.50. The van der Waals surface area contributed by atoms with Crippen molar-refractivity contribution in [2.75, 3.05) is 31.6 Å². The van der Waals surface area contributed by atoms with E-state index in [1.54, 1.807) is 17.8 Å². The minimum absolute atomic E-state index is 0. The maximum absolute atomic E-state index is 10.5. The number of nitrogens with zero attached hydrogens (tertiary/aromatic N) is 3. The quantitative estimate of drug-likeness (QED) is 0.230. The third-order valence-corrected chi connectivity index (χ3v) is 3.98. The molecule has 1 rings (SSSR count). The third-order valence-electron chi connectivity index (χ3n) is 3.28. The van der Waals surface area contributed by atoms with Gasteiger partial charge in [0.1, 0.15) is 5.60 Å². The number of rotatable bonds is 9. The number of guanidine groups is 1. The lowest BCUT2D eigenvalue weighted by molar-refractivity contribution is 0.0672. The Morgan fingerprint density at radius 1 is 1.43 bits per heavy atom. The number of aryl methyl sites for hydroxylation is 1. The average Bonchev–Trinajstić information content (AvgIpc) is 2.92. The predicted octanol–water partition coefficient (Wildman–Crippen LogP) is 1.94. The predicted molar refractivity (Wildman–Crippen MR) is 110 cm³/mol. The monoisotopic (exact) mass is 455 g/mol. The minimum Gasteiger partial charge on any atom is -0.383 e. The van der Waals surface area contributed by atoms with E-state index in [0.29, 0.717) is 6.54 Å². The molecule has 0 aliphatic rings. The summed E-state index contributed by atoms with van der Waals surface area (Å²) in [7, 11) is 1.84. The molecule has 1 heterocycles. The second-order valence-corrected chi connectivity index (χ2v) is 6.48. The fourth-order valence-electron chi connectivity index (χ4n) is 1.94. The standard InChI is InChI=1S/C15H29N5OS.HI/c1-5-16-14(17-8-6-7-9-22-4)18-12-15(2,21)13-10-19-20(3)11-13;/h10-11,21H,5-9,12H2,1-4H3,(H2,16,17,18);1H. The molecule has 0 saturated carbocycles. The Hall–Kier alpha value is -0.480. The lowest BCUT2D eigenvalue weighted by Crippen LogP contribution is -2.39. The van der Waals surface area contributed by atoms with E-state index in [-0.39, 0.29) is 24.0 Å². The first-order valence-corrected chi connectivity index (χ1v) is 9.11. The van der Waals surface area contributed by atoms with E-state index in [9.17, 15) is 5.11 Å². The largest absolute Gasteiger partial charge is 0.383 e. The molecule has 1 unspecified atom stereocenters. The zero-order valence-corrected chi connectivity index (χ0v) is 17.6. The molecule has 1 atom stereocenters. The Labute approximate surface area is 160 Å². The number of hydrogen-bond donors (Lipinski definition) is 3. The summed E-state index contributed by atoms with van der Waals surface area (Å²) in [6.45, 7) is 5.77. The van der Waals surface area contributed by atoms with E-state index in [1.165, 1.54) is 12.2 Å². The van der Waals surface area contributed by atoms with Crippen LogP contribution in [0.4, 0.5) is 0 Å². The number of aromatic nitrogens is 2. The zero-order chi connectivity index (χ0) is 16.4. The molecule has 0 amide bonds. The second kappa shape index (κ2) is 12.0. The topological polar surface area (TPSA) is 74.5 Å². The normalized spacial score (nSPS) is 14.0. The Morgan fingerprint density at radius 3 is 2.74 bits per heavy atom. The number of unbranched alkanes of at least 4 members (excludes halogenated alkanes) is 1. The summed E-state index contributed by atoms with van der Waals surface area (Å²) in [5, 5.41) is 21.1. The van der Waals surface area contributed by atoms with Gasteiger partial charge in [0.25, 0.3) is 0 Å². The highest BCUT2D eigenvalue weighted by Gasteiger charge is 2.24. The molecule has 1 aromatic heterocycles. The Balaban J connectivity index is 0.00000484. The summed E-state index contributed by atoms with van der Waals surface area (Å²) < 4.78 is 1.68. The first kappa shape index (κ1) is 22.5. The van der Waals surface area contributed by atoms with Crippen LogP contribution in [0.5, 0.6) is 0 Å². The average molecular weight is 455 g/mol. The van der Waals surface area contributed by atoms with Crippen LogP contribution in [0.25, 0.3) is 0 Å². The van der Waals surface area contributed by atoms with E-state index < -0.39 is 5.60 Å². The molecule has 1 aromatic rings. The van der Waals surface area contributed by atoms with Gasteiger partial charge in [0, 0.05) is 31.9 Å². The summed E-state index contributed by atoms with van der Waals surface area (Å²) in [4.78, 5) is 4.49. The van der Waals surface area contributed by atoms with Crippen molar-refractivity contribution in [3.63, 3.8) is 0 Å². The van der Waals surface area contributed by atoms with Gasteiger partial charge < -0.3 is 15.7 Å². The molecule has 0 fully saturated rings. The molecular formula is C15H30IN5OS. The molecule has 0 spiro atoms. The van der Waals surface area contributed by atoms with Crippen LogP contribution in [-0.2, 0) is 12.6 Å². The van der Waals surface area contributed by atoms with Crippen LogP contribution in [0.15, 0.2) is 17.4 Å². The summed E-state index contributed by atoms with van der Waals surface area (Å²) in [5.41, 5.74) is -0.246. The molecule has 0 saturated heterocycles. The van der Waals surface area contributed by atoms with Crippen LogP contribution >= 0.6 is 35.7 Å². The van der Waals surface area contributed by atoms with Crippen LogP contribution in [-0.4, -0.2) is 52.5 Å². The molecule has 3 N–H and O–H groups in total. The highest BCUT2D eigenvalue weighted by Crippen LogP contribution is 2.19. The fraction of sp³-hybridized carbons (Fsp3) is 0.733. The Bertz CT molecular complexity index is 464. The Kier molecular flexibility index (Phi) is 11.7. The third kappa shape index (κ3) is 8.80. The van der Waals surface area contributed by atoms with Crippen molar-refractivity contribution >= 4 is 41.7 Å². The van der Waals surface area contributed by atoms with Crippen molar-refractivity contribution < 1.29 is 5.11 Å². The van der Waals surface area contributed by atoms with Gasteiger partial charge in [-0.15, -0.1) is 24.0 Å². The van der Waals surface area contributed by atoms with E-state index in [4.69, 9.17) is 0 Å². The van der Waals surface area contributed by atoms with Crippen LogP contribution < -0.4 is 10.6 Å². The van der Waals surface area contributed by atoms with Gasteiger partial charge in [-0.05, 0) is 38.7 Å². The SMILES string of the molecule is CCNC(=NCC(C)(O)c1cnn(C)c1)NCCCCSC.I. The van der Waals surface area contributed by atoms with E-state index >= 15 is 0 Å². The number of nitrogens with one attached hydrogen (secondary N) is 2. The number of aliphatic imine (C=N–C) groups is 1. The van der Waals surface area contributed by atoms with Crippen LogP contribution in [0.2, 0.25) is 0 Å². The van der Waals surface area contributed by atoms with Crippen LogP contribution in [0.3, 0.4) is 0 Å². The van der Waals surface area contributed by atoms with E-state index in [1.807, 2.05) is 31.9 Å². The summed E-state index contributed by atoms with van der Waals surface area (Å²) in [5.74, 6) is 1.93. The van der Waals surface area contributed by atoms with Gasteiger partial charge in [-0.1, -0.05) is 0 Å². The lowest BCUT2D eigenvalue weighted by Gasteiger charge is -2.20. The molecular weight excluding hydrogens is 425 g/mol. The van der Waals surface area contributed by atoms with Gasteiger partial charge in [0.2, 0.25) is 0 Å². The van der Waals surface area contributed by atoms with Crippen molar-refractivity contribution in [2.24, 2.45) is 12.0 Å². The van der Waals surface area contributed by atoms with E-state index in [0.717, 1.165) is 31.0 Å². The van der Waals surface area contributed by atoms with Crippen molar-refractivity contribution in [3.05, 3.63) is 18.0 Å². The number of aliphatic hydroxyl groups is 1. The summed E-state index contributed by atoms with van der Waals surface area (Å²) >= 11 is 1.87. The van der Waals surface area contributed by atoms with Crippen LogP contribution in [0, 0.1) is 0 Å². The number of halogens is 1. The lowest BCUT2D eigenvalue weighted by atomic mass is 10.0. The van der Waals surface area contributed by atoms with Crippen LogP contribution in [0.1, 0.15) is 32.3 Å². The summed E-state index contributed by atoms with van der Waals surface area (Å²) in [6.07, 6.45) is 7.93. The van der Waals surface area contributed by atoms with Gasteiger partial charge in [-0.25, -0.2) is 4.99 Å². The molecule has 0 aliphatic carbocycles. The van der Waals surface area contributed by atoms with Crippen molar-refractivity contribution in [2.45, 2.75) is 32.3 Å². The van der Waals surface area contributed by atoms with E-state index in [2.05, 4.69) is 27.0 Å². The molecule has 0 bridgehead atoms. The Morgan fingerprint density at radius 2 is 2.17 bits per heavy atom. The van der Waals surface area contributed by atoms with Crippen molar-refractivity contribution in [1.29, 1.82) is 0 Å². The number of hydrogen-bond acceptors (Lipinski definition) is 4. The first-order chi connectivity index (χ1) is 10.5. The molecule has 0 aromatic carbocycles. The maximum atomic E-state index is 10.5. The molecule has 134 valence electrons. The highest BCUT2D eigenvalue weighted by molar-refractivity contribution is 14.0. The summed E-state index contributed by atoms with van der Waals surface area (Å²) in [6, 6.07) is 0. The zero-order valence-electron chi connectivity index (χ0n) is 14.5. The van der Waals surface area contributed by atoms with Gasteiger partial charge in [0.05, 0.1) is 12.7 Å². The first-order valence-electron chi connectivity index (χ1n) is 7.72. The minimum atomic E-state index is -1.02. The van der Waals surface area contributed by atoms with Crippen molar-refractivity contribution in [1.82, 2.24) is 20.4 Å². The molecule has 0 radical (unpaired) electrons. The van der Waals surface area contributed by atoms with Gasteiger partial charge >= 0.3 is 0 Å². The van der Waals surface area contributed by atoms with Gasteiger partial charge in [-0.2, -0.15) is 16.9 Å². The number of thioether (sulfide) groups is 1. The molecule has 23 heavy (non-hydrogen) atoms. The smallest absolute Gasteiger partial charge is 0.191 e. The molecule has 0 aliphatic heterocycles. The van der Waals surface area contributed by atoms with Gasteiger partial charge in [0.15, 0.2) is 5.96 Å². The molecule has 8 heteroatoms. The van der Waals surface area contributed by atoms with Crippen molar-refractivity contribution in [3.8, 4) is 0 Å². The van der Waals surface area contributed by atoms with Gasteiger partial charge in [-0.3, -0.25) is 4.68 Å². The highest BCUT2D eigenvalue weighted by atomic mass is 127.